The Hall–Kier alpha value is -1.35. The van der Waals surface area contributed by atoms with E-state index in [1.807, 2.05) is 0 Å². The molecule has 0 spiro atoms. The Morgan fingerprint density at radius 2 is 1.90 bits per heavy atom. The first kappa shape index (κ1) is 15.0. The lowest BCUT2D eigenvalue weighted by Gasteiger charge is -2.28. The van der Waals surface area contributed by atoms with Crippen molar-refractivity contribution in [2.45, 2.75) is 39.2 Å². The molecule has 0 bridgehead atoms. The predicted molar refractivity (Wildman–Crippen MR) is 82.6 cm³/mol. The molecule has 1 atom stereocenters. The van der Waals surface area contributed by atoms with E-state index in [2.05, 4.69) is 55.4 Å². The molecule has 1 amide bonds. The summed E-state index contributed by atoms with van der Waals surface area (Å²) in [6.45, 7) is 6.36. The summed E-state index contributed by atoms with van der Waals surface area (Å²) in [5.74, 6) is 0.740. The molecule has 1 aromatic carbocycles. The van der Waals surface area contributed by atoms with Gasteiger partial charge in [-0.2, -0.15) is 0 Å². The van der Waals surface area contributed by atoms with Gasteiger partial charge in [0.2, 0.25) is 5.91 Å². The third-order valence-corrected chi connectivity index (χ3v) is 4.27. The second kappa shape index (κ2) is 6.89. The van der Waals surface area contributed by atoms with E-state index in [1.165, 1.54) is 11.1 Å². The Kier molecular flexibility index (Phi) is 5.18. The van der Waals surface area contributed by atoms with Crippen LogP contribution in [0.1, 0.15) is 43.4 Å². The molecule has 0 radical (unpaired) electrons. The van der Waals surface area contributed by atoms with Crippen LogP contribution < -0.4 is 5.32 Å². The maximum Gasteiger partial charge on any atom is 0.220 e. The second-order valence-corrected chi connectivity index (χ2v) is 6.15. The average molecular weight is 274 g/mol. The molecule has 3 nitrogen and oxygen atoms in total. The van der Waals surface area contributed by atoms with E-state index in [0.717, 1.165) is 25.9 Å². The fraction of sp³-hybridized carbons (Fsp3) is 0.588. The topological polar surface area (TPSA) is 32.3 Å². The van der Waals surface area contributed by atoms with Crippen molar-refractivity contribution < 1.29 is 4.79 Å². The number of hydrogen-bond donors (Lipinski definition) is 1. The van der Waals surface area contributed by atoms with E-state index < -0.39 is 0 Å². The summed E-state index contributed by atoms with van der Waals surface area (Å²) in [5, 5.41) is 3.12. The van der Waals surface area contributed by atoms with Crippen LogP contribution in [-0.4, -0.2) is 30.9 Å². The van der Waals surface area contributed by atoms with Gasteiger partial charge in [0.15, 0.2) is 0 Å². The fourth-order valence-electron chi connectivity index (χ4n) is 2.77. The molecule has 0 aromatic heterocycles. The Bertz CT molecular complexity index is 433. The van der Waals surface area contributed by atoms with E-state index in [1.54, 1.807) is 0 Å². The van der Waals surface area contributed by atoms with Crippen LogP contribution in [0.4, 0.5) is 0 Å². The molecule has 110 valence electrons. The fourth-order valence-corrected chi connectivity index (χ4v) is 2.77. The molecule has 1 saturated heterocycles. The third-order valence-electron chi connectivity index (χ3n) is 4.27. The van der Waals surface area contributed by atoms with E-state index >= 15 is 0 Å². The van der Waals surface area contributed by atoms with Gasteiger partial charge in [-0.1, -0.05) is 29.8 Å². The molecule has 1 fully saturated rings. The van der Waals surface area contributed by atoms with Crippen LogP contribution >= 0.6 is 0 Å². The summed E-state index contributed by atoms with van der Waals surface area (Å²) in [5.41, 5.74) is 2.42. The lowest BCUT2D eigenvalue weighted by atomic mass is 9.93. The molecule has 0 unspecified atom stereocenters. The highest BCUT2D eigenvalue weighted by molar-refractivity contribution is 5.76. The van der Waals surface area contributed by atoms with Gasteiger partial charge >= 0.3 is 0 Å². The summed E-state index contributed by atoms with van der Waals surface area (Å²) >= 11 is 0. The number of nitrogens with zero attached hydrogens (tertiary/aromatic N) is 1. The number of amides is 1. The number of benzene rings is 1. The second-order valence-electron chi connectivity index (χ2n) is 6.15. The van der Waals surface area contributed by atoms with Gasteiger partial charge in [-0.15, -0.1) is 0 Å². The van der Waals surface area contributed by atoms with E-state index in [4.69, 9.17) is 0 Å². The van der Waals surface area contributed by atoms with Gasteiger partial charge in [0, 0.05) is 6.42 Å². The molecule has 1 aliphatic heterocycles. The van der Waals surface area contributed by atoms with Crippen molar-refractivity contribution in [1.82, 2.24) is 10.2 Å². The number of hydrogen-bond acceptors (Lipinski definition) is 2. The first-order valence-electron chi connectivity index (χ1n) is 7.59. The summed E-state index contributed by atoms with van der Waals surface area (Å²) in [6, 6.07) is 8.46. The molecule has 2 rings (SSSR count). The SMILES string of the molecule is Cc1ccc([C@@H](C)NC(=O)CC2CCN(C)CC2)cc1. The molecule has 1 heterocycles. The molecule has 20 heavy (non-hydrogen) atoms. The standard InChI is InChI=1S/C17H26N2O/c1-13-4-6-16(7-5-13)14(2)18-17(20)12-15-8-10-19(3)11-9-15/h4-7,14-15H,8-12H2,1-3H3,(H,18,20)/t14-/m1/s1. The van der Waals surface area contributed by atoms with Crippen molar-refractivity contribution in [3.8, 4) is 0 Å². The zero-order valence-corrected chi connectivity index (χ0v) is 12.9. The van der Waals surface area contributed by atoms with Gasteiger partial charge in [0.1, 0.15) is 0 Å². The van der Waals surface area contributed by atoms with Crippen molar-refractivity contribution in [2.75, 3.05) is 20.1 Å². The Morgan fingerprint density at radius 3 is 2.50 bits per heavy atom. The summed E-state index contributed by atoms with van der Waals surface area (Å²) in [7, 11) is 2.15. The lowest BCUT2D eigenvalue weighted by molar-refractivity contribution is -0.123. The monoisotopic (exact) mass is 274 g/mol. The number of aryl methyl sites for hydroxylation is 1. The maximum atomic E-state index is 12.1. The van der Waals surface area contributed by atoms with Crippen LogP contribution in [-0.2, 0) is 4.79 Å². The molecule has 1 N–H and O–H groups in total. The Balaban J connectivity index is 1.80. The quantitative estimate of drug-likeness (QED) is 0.915. The van der Waals surface area contributed by atoms with Crippen LogP contribution in [0.2, 0.25) is 0 Å². The number of rotatable bonds is 4. The van der Waals surface area contributed by atoms with Crippen LogP contribution in [0.15, 0.2) is 24.3 Å². The average Bonchev–Trinajstić information content (AvgIpc) is 2.42. The number of likely N-dealkylation sites (tertiary alicyclic amines) is 1. The van der Waals surface area contributed by atoms with Gasteiger partial charge in [-0.3, -0.25) is 4.79 Å². The minimum absolute atomic E-state index is 0.0920. The molecule has 0 saturated carbocycles. The minimum Gasteiger partial charge on any atom is -0.350 e. The Labute approximate surface area is 122 Å². The third kappa shape index (κ3) is 4.34. The first-order chi connectivity index (χ1) is 9.54. The minimum atomic E-state index is 0.0920. The van der Waals surface area contributed by atoms with Crippen molar-refractivity contribution in [2.24, 2.45) is 5.92 Å². The van der Waals surface area contributed by atoms with Gasteiger partial charge in [-0.25, -0.2) is 0 Å². The zero-order valence-electron chi connectivity index (χ0n) is 12.9. The highest BCUT2D eigenvalue weighted by Gasteiger charge is 2.20. The molecule has 0 aliphatic carbocycles. The largest absolute Gasteiger partial charge is 0.350 e. The maximum absolute atomic E-state index is 12.1. The normalized spacial score (nSPS) is 18.8. The van der Waals surface area contributed by atoms with Crippen molar-refractivity contribution in [1.29, 1.82) is 0 Å². The summed E-state index contributed by atoms with van der Waals surface area (Å²) < 4.78 is 0. The molecule has 1 aromatic rings. The van der Waals surface area contributed by atoms with Gasteiger partial charge < -0.3 is 10.2 Å². The highest BCUT2D eigenvalue weighted by atomic mass is 16.1. The van der Waals surface area contributed by atoms with Crippen molar-refractivity contribution >= 4 is 5.91 Å². The van der Waals surface area contributed by atoms with Crippen LogP contribution in [0, 0.1) is 12.8 Å². The predicted octanol–water partition coefficient (Wildman–Crippen LogP) is 2.90. The van der Waals surface area contributed by atoms with Crippen LogP contribution in [0.25, 0.3) is 0 Å². The number of nitrogens with one attached hydrogen (secondary N) is 1. The lowest BCUT2D eigenvalue weighted by Crippen LogP contribution is -2.34. The van der Waals surface area contributed by atoms with E-state index in [-0.39, 0.29) is 11.9 Å². The van der Waals surface area contributed by atoms with Gasteiger partial charge in [0.05, 0.1) is 6.04 Å². The van der Waals surface area contributed by atoms with E-state index in [0.29, 0.717) is 12.3 Å². The van der Waals surface area contributed by atoms with Crippen molar-refractivity contribution in [3.05, 3.63) is 35.4 Å². The number of carbonyl (C=O) groups excluding carboxylic acids is 1. The first-order valence-corrected chi connectivity index (χ1v) is 7.59. The van der Waals surface area contributed by atoms with Gasteiger partial charge in [0.25, 0.3) is 0 Å². The van der Waals surface area contributed by atoms with Crippen LogP contribution in [0.3, 0.4) is 0 Å². The summed E-state index contributed by atoms with van der Waals surface area (Å²) in [6.07, 6.45) is 2.95. The number of piperidine rings is 1. The summed E-state index contributed by atoms with van der Waals surface area (Å²) in [4.78, 5) is 14.5. The molecule has 1 aliphatic rings. The number of carbonyl (C=O) groups is 1. The van der Waals surface area contributed by atoms with E-state index in [9.17, 15) is 4.79 Å². The van der Waals surface area contributed by atoms with Crippen molar-refractivity contribution in [3.63, 3.8) is 0 Å². The molecule has 3 heteroatoms. The zero-order chi connectivity index (χ0) is 14.5. The highest BCUT2D eigenvalue weighted by Crippen LogP contribution is 2.20. The van der Waals surface area contributed by atoms with Gasteiger partial charge in [-0.05, 0) is 58.3 Å². The van der Waals surface area contributed by atoms with Crippen LogP contribution in [0.5, 0.6) is 0 Å². The smallest absolute Gasteiger partial charge is 0.220 e. The molecular weight excluding hydrogens is 248 g/mol. The molecular formula is C17H26N2O. The Morgan fingerprint density at radius 1 is 1.30 bits per heavy atom.